The number of cyclic esters (lactones) is 1. The molecule has 0 radical (unpaired) electrons. The highest BCUT2D eigenvalue weighted by Gasteiger charge is 2.32. The summed E-state index contributed by atoms with van der Waals surface area (Å²) in [7, 11) is 1.59. The number of ether oxygens (including phenoxy) is 3. The molecule has 3 atom stereocenters. The van der Waals surface area contributed by atoms with Crippen molar-refractivity contribution in [3.05, 3.63) is 24.3 Å². The quantitative estimate of drug-likeness (QED) is 0.870. The third-order valence-corrected chi connectivity index (χ3v) is 4.46. The second-order valence-corrected chi connectivity index (χ2v) is 6.13. The summed E-state index contributed by atoms with van der Waals surface area (Å²) in [6.07, 6.45) is 2.12. The minimum absolute atomic E-state index is 0.220. The van der Waals surface area contributed by atoms with Crippen molar-refractivity contribution in [3.63, 3.8) is 0 Å². The molecule has 0 bridgehead atoms. The average molecular weight is 321 g/mol. The summed E-state index contributed by atoms with van der Waals surface area (Å²) in [6.45, 7) is 1.41. The van der Waals surface area contributed by atoms with E-state index in [1.807, 2.05) is 24.3 Å². The van der Waals surface area contributed by atoms with E-state index in [0.717, 1.165) is 30.7 Å². The van der Waals surface area contributed by atoms with E-state index >= 15 is 0 Å². The van der Waals surface area contributed by atoms with Crippen LogP contribution >= 0.6 is 0 Å². The lowest BCUT2D eigenvalue weighted by Gasteiger charge is -2.17. The Bertz CT molecular complexity index is 532. The number of benzene rings is 1. The largest absolute Gasteiger partial charge is 0.493 e. The van der Waals surface area contributed by atoms with E-state index in [4.69, 9.17) is 14.2 Å². The molecule has 3 rings (SSSR count). The summed E-state index contributed by atoms with van der Waals surface area (Å²) < 4.78 is 16.0. The fourth-order valence-corrected chi connectivity index (χ4v) is 3.14. The topological polar surface area (TPSA) is 68.2 Å². The smallest absolute Gasteiger partial charge is 0.414 e. The number of rotatable bonds is 6. The minimum atomic E-state index is -0.352. The lowest BCUT2D eigenvalue weighted by atomic mass is 10.1. The van der Waals surface area contributed by atoms with Crippen LogP contribution in [0.2, 0.25) is 0 Å². The summed E-state index contributed by atoms with van der Waals surface area (Å²) in [5, 5.41) is 9.80. The van der Waals surface area contributed by atoms with E-state index in [1.54, 1.807) is 12.0 Å². The van der Waals surface area contributed by atoms with Crippen LogP contribution in [0, 0.1) is 5.92 Å². The Labute approximate surface area is 135 Å². The van der Waals surface area contributed by atoms with Gasteiger partial charge in [-0.3, -0.25) is 4.90 Å². The van der Waals surface area contributed by atoms with Crippen LogP contribution in [0.15, 0.2) is 24.3 Å². The number of hydrogen-bond donors (Lipinski definition) is 1. The average Bonchev–Trinajstić information content (AvgIpc) is 3.12. The van der Waals surface area contributed by atoms with Gasteiger partial charge in [-0.25, -0.2) is 4.79 Å². The Morgan fingerprint density at radius 2 is 2.04 bits per heavy atom. The molecule has 0 aromatic heterocycles. The number of anilines is 1. The van der Waals surface area contributed by atoms with Crippen LogP contribution in [-0.2, 0) is 9.47 Å². The van der Waals surface area contributed by atoms with Crippen molar-refractivity contribution >= 4 is 11.8 Å². The van der Waals surface area contributed by atoms with E-state index < -0.39 is 0 Å². The summed E-state index contributed by atoms with van der Waals surface area (Å²) in [6, 6.07) is 7.37. The fraction of sp³-hybridized carbons (Fsp3) is 0.588. The van der Waals surface area contributed by atoms with Gasteiger partial charge in [-0.1, -0.05) is 6.42 Å². The zero-order chi connectivity index (χ0) is 16.2. The van der Waals surface area contributed by atoms with Gasteiger partial charge in [0.1, 0.15) is 11.9 Å². The first-order chi connectivity index (χ1) is 11.2. The maximum absolute atomic E-state index is 11.9. The monoisotopic (exact) mass is 321 g/mol. The highest BCUT2D eigenvalue weighted by molar-refractivity contribution is 5.89. The molecule has 2 fully saturated rings. The van der Waals surface area contributed by atoms with Gasteiger partial charge in [0, 0.05) is 18.7 Å². The molecule has 6 heteroatoms. The number of methoxy groups -OCH3 is 1. The van der Waals surface area contributed by atoms with E-state index in [-0.39, 0.29) is 24.2 Å². The molecule has 1 N–H and O–H groups in total. The molecule has 1 heterocycles. The Morgan fingerprint density at radius 1 is 1.26 bits per heavy atom. The number of aliphatic hydroxyl groups excluding tert-OH is 1. The van der Waals surface area contributed by atoms with Gasteiger partial charge >= 0.3 is 6.09 Å². The zero-order valence-electron chi connectivity index (χ0n) is 13.3. The van der Waals surface area contributed by atoms with Crippen molar-refractivity contribution in [1.29, 1.82) is 0 Å². The van der Waals surface area contributed by atoms with Crippen LogP contribution < -0.4 is 9.64 Å². The molecule has 6 nitrogen and oxygen atoms in total. The lowest BCUT2D eigenvalue weighted by molar-refractivity contribution is 0.0718. The van der Waals surface area contributed by atoms with E-state index in [1.165, 1.54) is 0 Å². The molecule has 1 aliphatic heterocycles. The fourth-order valence-electron chi connectivity index (χ4n) is 3.14. The van der Waals surface area contributed by atoms with Crippen molar-refractivity contribution in [2.75, 3.05) is 31.8 Å². The molecule has 1 saturated carbocycles. The summed E-state index contributed by atoms with van der Waals surface area (Å²) >= 11 is 0. The van der Waals surface area contributed by atoms with Gasteiger partial charge in [0.05, 0.1) is 25.9 Å². The summed E-state index contributed by atoms with van der Waals surface area (Å²) in [5.41, 5.74) is 0.779. The first-order valence-electron chi connectivity index (χ1n) is 8.05. The first kappa shape index (κ1) is 16.1. The van der Waals surface area contributed by atoms with Crippen LogP contribution in [-0.4, -0.2) is 50.3 Å². The van der Waals surface area contributed by atoms with Crippen LogP contribution in [0.25, 0.3) is 0 Å². The van der Waals surface area contributed by atoms with Gasteiger partial charge in [0.25, 0.3) is 0 Å². The van der Waals surface area contributed by atoms with Crippen molar-refractivity contribution in [2.24, 2.45) is 5.92 Å². The molecule has 126 valence electrons. The molecule has 2 aliphatic rings. The molecule has 1 aromatic carbocycles. The van der Waals surface area contributed by atoms with Crippen LogP contribution in [0.3, 0.4) is 0 Å². The second kappa shape index (κ2) is 7.19. The number of carbonyl (C=O) groups excluding carboxylic acids is 1. The van der Waals surface area contributed by atoms with Crippen LogP contribution in [0.1, 0.15) is 19.3 Å². The molecule has 23 heavy (non-hydrogen) atoms. The summed E-state index contributed by atoms with van der Waals surface area (Å²) in [5.74, 6) is 0.965. The van der Waals surface area contributed by atoms with Gasteiger partial charge in [0.2, 0.25) is 0 Å². The molecule has 0 spiro atoms. The molecule has 1 aliphatic carbocycles. The van der Waals surface area contributed by atoms with Gasteiger partial charge in [-0.15, -0.1) is 0 Å². The van der Waals surface area contributed by atoms with Gasteiger partial charge in [-0.2, -0.15) is 0 Å². The first-order valence-corrected chi connectivity index (χ1v) is 8.05. The molecule has 1 saturated heterocycles. The number of amides is 1. The van der Waals surface area contributed by atoms with E-state index in [9.17, 15) is 9.90 Å². The SMILES string of the molecule is COC[C@H]1CN(c2ccc(OCC3CCCC3O)cc2)C(=O)O1. The Kier molecular flexibility index (Phi) is 5.03. The number of hydrogen-bond acceptors (Lipinski definition) is 5. The Balaban J connectivity index is 1.55. The molecular formula is C17H23NO5. The highest BCUT2D eigenvalue weighted by Crippen LogP contribution is 2.28. The second-order valence-electron chi connectivity index (χ2n) is 6.13. The van der Waals surface area contributed by atoms with Gasteiger partial charge in [-0.05, 0) is 37.1 Å². The van der Waals surface area contributed by atoms with E-state index in [2.05, 4.69) is 0 Å². The Morgan fingerprint density at radius 3 is 2.70 bits per heavy atom. The third kappa shape index (κ3) is 3.76. The van der Waals surface area contributed by atoms with Crippen LogP contribution in [0.4, 0.5) is 10.5 Å². The van der Waals surface area contributed by atoms with Gasteiger partial charge in [0.15, 0.2) is 0 Å². The normalized spacial score (nSPS) is 27.3. The lowest BCUT2D eigenvalue weighted by Crippen LogP contribution is -2.25. The maximum atomic E-state index is 11.9. The zero-order valence-corrected chi connectivity index (χ0v) is 13.3. The summed E-state index contributed by atoms with van der Waals surface area (Å²) in [4.78, 5) is 13.5. The van der Waals surface area contributed by atoms with E-state index in [0.29, 0.717) is 19.8 Å². The number of carbonyl (C=O) groups is 1. The maximum Gasteiger partial charge on any atom is 0.414 e. The predicted octanol–water partition coefficient (Wildman–Crippen LogP) is 2.20. The molecule has 1 aromatic rings. The number of aliphatic hydroxyl groups is 1. The van der Waals surface area contributed by atoms with Crippen molar-refractivity contribution in [2.45, 2.75) is 31.5 Å². The van der Waals surface area contributed by atoms with Crippen LogP contribution in [0.5, 0.6) is 5.75 Å². The highest BCUT2D eigenvalue weighted by atomic mass is 16.6. The van der Waals surface area contributed by atoms with Crippen molar-refractivity contribution in [3.8, 4) is 5.75 Å². The predicted molar refractivity (Wildman–Crippen MR) is 84.8 cm³/mol. The number of nitrogens with zero attached hydrogens (tertiary/aromatic N) is 1. The van der Waals surface area contributed by atoms with Gasteiger partial charge < -0.3 is 19.3 Å². The molecule has 1 amide bonds. The standard InChI is InChI=1S/C17H23NO5/c1-21-11-15-9-18(17(20)23-15)13-5-7-14(8-6-13)22-10-12-3-2-4-16(12)19/h5-8,12,15-16,19H,2-4,9-11H2,1H3/t12?,15-,16?/m1/s1. The Hall–Kier alpha value is -1.79. The van der Waals surface area contributed by atoms with Crippen molar-refractivity contribution in [1.82, 2.24) is 0 Å². The third-order valence-electron chi connectivity index (χ3n) is 4.46. The van der Waals surface area contributed by atoms with Crippen molar-refractivity contribution < 1.29 is 24.1 Å². The minimum Gasteiger partial charge on any atom is -0.493 e. The molecular weight excluding hydrogens is 298 g/mol. The molecule has 2 unspecified atom stereocenters.